The van der Waals surface area contributed by atoms with Crippen LogP contribution in [0.4, 0.5) is 4.79 Å². The summed E-state index contributed by atoms with van der Waals surface area (Å²) in [6, 6.07) is 13.4. The Morgan fingerprint density at radius 1 is 1.05 bits per heavy atom. The Bertz CT molecular complexity index is 649. The lowest BCUT2D eigenvalue weighted by molar-refractivity contribution is 0.0696. The molecule has 2 aromatic carbocycles. The van der Waals surface area contributed by atoms with Gasteiger partial charge in [0.2, 0.25) is 0 Å². The van der Waals surface area contributed by atoms with Crippen LogP contribution in [0.1, 0.15) is 17.3 Å². The zero-order chi connectivity index (χ0) is 15.2. The van der Waals surface area contributed by atoms with Crippen molar-refractivity contribution >= 4 is 12.1 Å². The molecule has 0 fully saturated rings. The lowest BCUT2D eigenvalue weighted by Crippen LogP contribution is -2.12. The smallest absolute Gasteiger partial charge is 0.478 e. The number of hydrogen-bond acceptors (Lipinski definition) is 4. The second-order valence-electron chi connectivity index (χ2n) is 4.13. The van der Waals surface area contributed by atoms with Crippen molar-refractivity contribution in [3.8, 4) is 16.9 Å². The van der Waals surface area contributed by atoms with Gasteiger partial charge in [0.25, 0.3) is 0 Å². The molecule has 0 radical (unpaired) electrons. The fraction of sp³-hybridized carbons (Fsp3) is 0.125. The first-order chi connectivity index (χ1) is 10.1. The highest BCUT2D eigenvalue weighted by Crippen LogP contribution is 2.33. The van der Waals surface area contributed by atoms with Crippen LogP contribution in [-0.4, -0.2) is 23.8 Å². The molecular weight excluding hydrogens is 272 g/mol. The Kier molecular flexibility index (Phi) is 4.56. The molecule has 5 nitrogen and oxygen atoms in total. The first-order valence-electron chi connectivity index (χ1n) is 6.39. The van der Waals surface area contributed by atoms with Crippen molar-refractivity contribution in [2.75, 3.05) is 6.61 Å². The molecule has 0 unspecified atom stereocenters. The molecule has 0 atom stereocenters. The van der Waals surface area contributed by atoms with Gasteiger partial charge in [-0.2, -0.15) is 0 Å². The molecule has 2 aromatic rings. The monoisotopic (exact) mass is 286 g/mol. The van der Waals surface area contributed by atoms with Crippen LogP contribution in [0, 0.1) is 0 Å². The molecule has 0 saturated carbocycles. The van der Waals surface area contributed by atoms with Crippen molar-refractivity contribution < 1.29 is 24.2 Å². The highest BCUT2D eigenvalue weighted by molar-refractivity contribution is 5.98. The Labute approximate surface area is 121 Å². The highest BCUT2D eigenvalue weighted by atomic mass is 16.7. The minimum atomic E-state index is -1.09. The van der Waals surface area contributed by atoms with Crippen molar-refractivity contribution in [1.29, 1.82) is 0 Å². The number of carbonyl (C=O) groups is 2. The zero-order valence-corrected chi connectivity index (χ0v) is 11.4. The van der Waals surface area contributed by atoms with Crippen LogP contribution in [0.15, 0.2) is 48.5 Å². The number of benzene rings is 2. The Morgan fingerprint density at radius 2 is 1.76 bits per heavy atom. The lowest BCUT2D eigenvalue weighted by Gasteiger charge is -2.12. The van der Waals surface area contributed by atoms with E-state index in [-0.39, 0.29) is 17.9 Å². The molecule has 0 aromatic heterocycles. The number of aromatic carboxylic acids is 1. The van der Waals surface area contributed by atoms with E-state index in [1.807, 2.05) is 6.07 Å². The molecule has 5 heteroatoms. The molecule has 21 heavy (non-hydrogen) atoms. The number of hydrogen-bond donors (Lipinski definition) is 1. The molecule has 108 valence electrons. The number of ether oxygens (including phenoxy) is 2. The SMILES string of the molecule is CCOC(=O)Oc1cccc(C(=O)O)c1-c1ccccc1. The van der Waals surface area contributed by atoms with E-state index in [1.165, 1.54) is 18.2 Å². The minimum absolute atomic E-state index is 0.0583. The lowest BCUT2D eigenvalue weighted by atomic mass is 9.98. The first kappa shape index (κ1) is 14.6. The fourth-order valence-corrected chi connectivity index (χ4v) is 1.93. The van der Waals surface area contributed by atoms with E-state index in [2.05, 4.69) is 0 Å². The summed E-state index contributed by atoms with van der Waals surface area (Å²) in [6.45, 7) is 1.84. The zero-order valence-electron chi connectivity index (χ0n) is 11.4. The molecule has 2 rings (SSSR count). The topological polar surface area (TPSA) is 72.8 Å². The van der Waals surface area contributed by atoms with Crippen molar-refractivity contribution in [3.05, 3.63) is 54.1 Å². The predicted octanol–water partition coefficient (Wildman–Crippen LogP) is 3.59. The van der Waals surface area contributed by atoms with Gasteiger partial charge in [-0.3, -0.25) is 0 Å². The van der Waals surface area contributed by atoms with Gasteiger partial charge in [-0.05, 0) is 24.6 Å². The van der Waals surface area contributed by atoms with Crippen molar-refractivity contribution in [2.45, 2.75) is 6.92 Å². The van der Waals surface area contributed by atoms with Crippen LogP contribution in [-0.2, 0) is 4.74 Å². The second kappa shape index (κ2) is 6.56. The van der Waals surface area contributed by atoms with Crippen LogP contribution in [0.3, 0.4) is 0 Å². The fourth-order valence-electron chi connectivity index (χ4n) is 1.93. The van der Waals surface area contributed by atoms with Crippen molar-refractivity contribution in [1.82, 2.24) is 0 Å². The summed E-state index contributed by atoms with van der Waals surface area (Å²) in [5, 5.41) is 9.32. The second-order valence-corrected chi connectivity index (χ2v) is 4.13. The molecule has 0 saturated heterocycles. The largest absolute Gasteiger partial charge is 0.513 e. The van der Waals surface area contributed by atoms with E-state index < -0.39 is 12.1 Å². The number of carboxylic acids is 1. The molecule has 0 amide bonds. The summed E-state index contributed by atoms with van der Waals surface area (Å²) < 4.78 is 9.84. The molecule has 0 aliphatic rings. The number of carbonyl (C=O) groups excluding carboxylic acids is 1. The van der Waals surface area contributed by atoms with Gasteiger partial charge in [0, 0.05) is 5.56 Å². The number of rotatable bonds is 4. The standard InChI is InChI=1S/C16H14O5/c1-2-20-16(19)21-13-10-6-9-12(15(17)18)14(13)11-7-4-3-5-8-11/h3-10H,2H2,1H3,(H,17,18). The third-order valence-electron chi connectivity index (χ3n) is 2.77. The van der Waals surface area contributed by atoms with Gasteiger partial charge in [-0.15, -0.1) is 0 Å². The van der Waals surface area contributed by atoms with Gasteiger partial charge < -0.3 is 14.6 Å². The summed E-state index contributed by atoms with van der Waals surface area (Å²) in [5.74, 6) is -0.942. The van der Waals surface area contributed by atoms with Gasteiger partial charge >= 0.3 is 12.1 Å². The Morgan fingerprint density at radius 3 is 2.38 bits per heavy atom. The van der Waals surface area contributed by atoms with Gasteiger partial charge in [0.05, 0.1) is 12.2 Å². The average molecular weight is 286 g/mol. The highest BCUT2D eigenvalue weighted by Gasteiger charge is 2.18. The summed E-state index contributed by atoms with van der Waals surface area (Å²) in [4.78, 5) is 22.9. The van der Waals surface area contributed by atoms with E-state index in [4.69, 9.17) is 9.47 Å². The van der Waals surface area contributed by atoms with Gasteiger partial charge in [0.15, 0.2) is 0 Å². The van der Waals surface area contributed by atoms with Crippen LogP contribution in [0.25, 0.3) is 11.1 Å². The van der Waals surface area contributed by atoms with E-state index in [0.717, 1.165) is 0 Å². The van der Waals surface area contributed by atoms with Gasteiger partial charge in [-0.25, -0.2) is 9.59 Å². The minimum Gasteiger partial charge on any atom is -0.478 e. The maximum atomic E-state index is 11.5. The summed E-state index contributed by atoms with van der Waals surface area (Å²) >= 11 is 0. The van der Waals surface area contributed by atoms with Crippen molar-refractivity contribution in [3.63, 3.8) is 0 Å². The molecule has 0 bridgehead atoms. The van der Waals surface area contributed by atoms with E-state index in [1.54, 1.807) is 31.2 Å². The van der Waals surface area contributed by atoms with E-state index in [9.17, 15) is 14.7 Å². The Hall–Kier alpha value is -2.82. The normalized spacial score (nSPS) is 9.95. The van der Waals surface area contributed by atoms with Gasteiger partial charge in [0.1, 0.15) is 5.75 Å². The Balaban J connectivity index is 2.52. The maximum absolute atomic E-state index is 11.5. The molecular formula is C16H14O5. The van der Waals surface area contributed by atoms with Crippen LogP contribution >= 0.6 is 0 Å². The maximum Gasteiger partial charge on any atom is 0.513 e. The van der Waals surface area contributed by atoms with Gasteiger partial charge in [-0.1, -0.05) is 36.4 Å². The summed E-state index contributed by atoms with van der Waals surface area (Å²) in [6.07, 6.45) is -0.864. The molecule has 1 N–H and O–H groups in total. The average Bonchev–Trinajstić information content (AvgIpc) is 2.48. The molecule has 0 heterocycles. The van der Waals surface area contributed by atoms with Crippen LogP contribution in [0.2, 0.25) is 0 Å². The van der Waals surface area contributed by atoms with Crippen molar-refractivity contribution in [2.24, 2.45) is 0 Å². The summed E-state index contributed by atoms with van der Waals surface area (Å²) in [7, 11) is 0. The molecule has 0 aliphatic heterocycles. The predicted molar refractivity (Wildman–Crippen MR) is 76.5 cm³/mol. The first-order valence-corrected chi connectivity index (χ1v) is 6.39. The van der Waals surface area contributed by atoms with Crippen LogP contribution < -0.4 is 4.74 Å². The third kappa shape index (κ3) is 3.39. The van der Waals surface area contributed by atoms with E-state index >= 15 is 0 Å². The third-order valence-corrected chi connectivity index (χ3v) is 2.77. The quantitative estimate of drug-likeness (QED) is 0.687. The molecule has 0 aliphatic carbocycles. The summed E-state index contributed by atoms with van der Waals surface area (Å²) in [5.41, 5.74) is 1.05. The number of carboxylic acid groups (broad SMARTS) is 1. The van der Waals surface area contributed by atoms with E-state index in [0.29, 0.717) is 11.1 Å². The molecule has 0 spiro atoms. The van der Waals surface area contributed by atoms with Crippen LogP contribution in [0.5, 0.6) is 5.75 Å².